The molecular weight excluding hydrogens is 170 g/mol. The number of allylic oxidation sites excluding steroid dienone is 1. The SMILES string of the molecule is CC.CNc1ccc2c(c1)C=CCC2. The minimum Gasteiger partial charge on any atom is -0.388 e. The third kappa shape index (κ3) is 2.38. The molecule has 2 rings (SSSR count). The van der Waals surface area contributed by atoms with Gasteiger partial charge in [0.15, 0.2) is 0 Å². The van der Waals surface area contributed by atoms with Gasteiger partial charge in [-0.05, 0) is 36.1 Å². The van der Waals surface area contributed by atoms with E-state index in [1.807, 2.05) is 20.9 Å². The lowest BCUT2D eigenvalue weighted by molar-refractivity contribution is 0.986. The molecule has 76 valence electrons. The zero-order valence-electron chi connectivity index (χ0n) is 9.30. The fraction of sp³-hybridized carbons (Fsp3) is 0.385. The lowest BCUT2D eigenvalue weighted by Crippen LogP contribution is -1.95. The quantitative estimate of drug-likeness (QED) is 0.710. The number of fused-ring (bicyclic) bond motifs is 1. The van der Waals surface area contributed by atoms with Gasteiger partial charge in [-0.25, -0.2) is 0 Å². The first-order chi connectivity index (χ1) is 6.90. The molecule has 1 aromatic rings. The summed E-state index contributed by atoms with van der Waals surface area (Å²) in [6.45, 7) is 4.00. The summed E-state index contributed by atoms with van der Waals surface area (Å²) in [7, 11) is 1.95. The highest BCUT2D eigenvalue weighted by Gasteiger charge is 2.03. The monoisotopic (exact) mass is 189 g/mol. The Morgan fingerprint density at radius 3 is 2.71 bits per heavy atom. The van der Waals surface area contributed by atoms with Crippen LogP contribution in [0.15, 0.2) is 24.3 Å². The van der Waals surface area contributed by atoms with E-state index in [-0.39, 0.29) is 0 Å². The highest BCUT2D eigenvalue weighted by atomic mass is 14.8. The first kappa shape index (κ1) is 10.8. The van der Waals surface area contributed by atoms with Gasteiger partial charge in [-0.1, -0.05) is 32.1 Å². The van der Waals surface area contributed by atoms with Gasteiger partial charge in [0.25, 0.3) is 0 Å². The van der Waals surface area contributed by atoms with Crippen LogP contribution in [0.3, 0.4) is 0 Å². The fourth-order valence-electron chi connectivity index (χ4n) is 1.58. The van der Waals surface area contributed by atoms with Crippen molar-refractivity contribution in [3.05, 3.63) is 35.4 Å². The lowest BCUT2D eigenvalue weighted by Gasteiger charge is -2.11. The van der Waals surface area contributed by atoms with Crippen LogP contribution in [0.2, 0.25) is 0 Å². The average molecular weight is 189 g/mol. The first-order valence-corrected chi connectivity index (χ1v) is 5.37. The molecule has 1 aliphatic carbocycles. The molecule has 0 bridgehead atoms. The third-order valence-electron chi connectivity index (χ3n) is 2.31. The summed E-state index contributed by atoms with van der Waals surface area (Å²) in [4.78, 5) is 0. The van der Waals surface area contributed by atoms with E-state index in [4.69, 9.17) is 0 Å². The van der Waals surface area contributed by atoms with Gasteiger partial charge in [0, 0.05) is 12.7 Å². The van der Waals surface area contributed by atoms with Crippen molar-refractivity contribution in [1.29, 1.82) is 0 Å². The molecule has 0 spiro atoms. The summed E-state index contributed by atoms with van der Waals surface area (Å²) >= 11 is 0. The Balaban J connectivity index is 0.000000461. The zero-order valence-corrected chi connectivity index (χ0v) is 9.30. The van der Waals surface area contributed by atoms with Crippen molar-refractivity contribution in [2.45, 2.75) is 26.7 Å². The van der Waals surface area contributed by atoms with Gasteiger partial charge >= 0.3 is 0 Å². The minimum absolute atomic E-state index is 1.19. The second kappa shape index (κ2) is 5.48. The number of hydrogen-bond donors (Lipinski definition) is 1. The molecular formula is C13H19N. The fourth-order valence-corrected chi connectivity index (χ4v) is 1.58. The third-order valence-corrected chi connectivity index (χ3v) is 2.31. The predicted octanol–water partition coefficient (Wildman–Crippen LogP) is 3.71. The molecule has 0 atom stereocenters. The summed E-state index contributed by atoms with van der Waals surface area (Å²) in [5.41, 5.74) is 4.03. The number of benzene rings is 1. The van der Waals surface area contributed by atoms with E-state index in [9.17, 15) is 0 Å². The molecule has 0 radical (unpaired) electrons. The Morgan fingerprint density at radius 2 is 2.00 bits per heavy atom. The number of nitrogens with one attached hydrogen (secondary N) is 1. The Morgan fingerprint density at radius 1 is 1.21 bits per heavy atom. The van der Waals surface area contributed by atoms with E-state index in [1.165, 1.54) is 29.7 Å². The van der Waals surface area contributed by atoms with Crippen LogP contribution in [-0.2, 0) is 6.42 Å². The summed E-state index contributed by atoms with van der Waals surface area (Å²) in [6, 6.07) is 6.55. The standard InChI is InChI=1S/C11H13N.C2H6/c1-12-11-7-6-9-4-2-3-5-10(9)8-11;1-2/h3,5-8,12H,2,4H2,1H3;1-2H3. The summed E-state index contributed by atoms with van der Waals surface area (Å²) < 4.78 is 0. The van der Waals surface area contributed by atoms with Crippen molar-refractivity contribution < 1.29 is 0 Å². The van der Waals surface area contributed by atoms with Gasteiger partial charge in [-0.2, -0.15) is 0 Å². The van der Waals surface area contributed by atoms with Crippen LogP contribution in [-0.4, -0.2) is 7.05 Å². The van der Waals surface area contributed by atoms with E-state index >= 15 is 0 Å². The van der Waals surface area contributed by atoms with Crippen molar-refractivity contribution >= 4 is 11.8 Å². The summed E-state index contributed by atoms with van der Waals surface area (Å²) in [6.07, 6.45) is 6.82. The van der Waals surface area contributed by atoms with Gasteiger partial charge in [0.05, 0.1) is 0 Å². The van der Waals surface area contributed by atoms with Crippen LogP contribution in [0.25, 0.3) is 6.08 Å². The van der Waals surface area contributed by atoms with Crippen molar-refractivity contribution in [3.63, 3.8) is 0 Å². The van der Waals surface area contributed by atoms with Crippen LogP contribution in [0.4, 0.5) is 5.69 Å². The first-order valence-electron chi connectivity index (χ1n) is 5.37. The molecule has 0 unspecified atom stereocenters. The number of rotatable bonds is 1. The summed E-state index contributed by atoms with van der Waals surface area (Å²) in [5, 5.41) is 3.14. The van der Waals surface area contributed by atoms with Crippen molar-refractivity contribution in [2.24, 2.45) is 0 Å². The van der Waals surface area contributed by atoms with E-state index in [1.54, 1.807) is 0 Å². The molecule has 0 heterocycles. The molecule has 1 aliphatic rings. The Kier molecular flexibility index (Phi) is 4.24. The maximum atomic E-state index is 3.14. The van der Waals surface area contributed by atoms with Gasteiger partial charge in [0.1, 0.15) is 0 Å². The molecule has 1 N–H and O–H groups in total. The van der Waals surface area contributed by atoms with E-state index in [0.29, 0.717) is 0 Å². The molecule has 0 aromatic heterocycles. The Bertz CT molecular complexity index is 313. The highest BCUT2D eigenvalue weighted by molar-refractivity contribution is 5.62. The van der Waals surface area contributed by atoms with Crippen LogP contribution in [0.1, 0.15) is 31.4 Å². The zero-order chi connectivity index (χ0) is 10.4. The molecule has 0 saturated heterocycles. The van der Waals surface area contributed by atoms with Crippen molar-refractivity contribution in [1.82, 2.24) is 0 Å². The van der Waals surface area contributed by atoms with Crippen LogP contribution in [0, 0.1) is 0 Å². The smallest absolute Gasteiger partial charge is 0.0343 e. The second-order valence-corrected chi connectivity index (χ2v) is 3.10. The average Bonchev–Trinajstić information content (AvgIpc) is 2.31. The molecule has 1 nitrogen and oxygen atoms in total. The number of hydrogen-bond acceptors (Lipinski definition) is 1. The van der Waals surface area contributed by atoms with E-state index < -0.39 is 0 Å². The van der Waals surface area contributed by atoms with Crippen molar-refractivity contribution in [3.8, 4) is 0 Å². The largest absolute Gasteiger partial charge is 0.388 e. The Labute approximate surface area is 86.8 Å². The normalized spacial score (nSPS) is 12.5. The molecule has 0 aliphatic heterocycles. The Hall–Kier alpha value is -1.24. The second-order valence-electron chi connectivity index (χ2n) is 3.10. The van der Waals surface area contributed by atoms with Crippen LogP contribution >= 0.6 is 0 Å². The molecule has 0 amide bonds. The molecule has 14 heavy (non-hydrogen) atoms. The van der Waals surface area contributed by atoms with Gasteiger partial charge in [0.2, 0.25) is 0 Å². The highest BCUT2D eigenvalue weighted by Crippen LogP contribution is 2.22. The van der Waals surface area contributed by atoms with Gasteiger partial charge in [-0.15, -0.1) is 0 Å². The predicted molar refractivity (Wildman–Crippen MR) is 64.7 cm³/mol. The maximum absolute atomic E-state index is 3.14. The minimum atomic E-state index is 1.19. The molecule has 0 saturated carbocycles. The number of aryl methyl sites for hydroxylation is 1. The van der Waals surface area contributed by atoms with Crippen LogP contribution in [0.5, 0.6) is 0 Å². The van der Waals surface area contributed by atoms with Gasteiger partial charge < -0.3 is 5.32 Å². The van der Waals surface area contributed by atoms with Crippen molar-refractivity contribution in [2.75, 3.05) is 12.4 Å². The number of anilines is 1. The van der Waals surface area contributed by atoms with Crippen LogP contribution < -0.4 is 5.32 Å². The van der Waals surface area contributed by atoms with Gasteiger partial charge in [-0.3, -0.25) is 0 Å². The van der Waals surface area contributed by atoms with E-state index in [2.05, 4.69) is 35.7 Å². The topological polar surface area (TPSA) is 12.0 Å². The molecule has 0 fully saturated rings. The molecule has 1 heteroatoms. The lowest BCUT2D eigenvalue weighted by atomic mass is 9.97. The van der Waals surface area contributed by atoms with E-state index in [0.717, 1.165) is 0 Å². The maximum Gasteiger partial charge on any atom is 0.0343 e. The summed E-state index contributed by atoms with van der Waals surface area (Å²) in [5.74, 6) is 0. The molecule has 1 aromatic carbocycles.